The molecule has 8 heteroatoms. The maximum atomic E-state index is 12.5. The van der Waals surface area contributed by atoms with Crippen LogP contribution in [0.1, 0.15) is 15.2 Å². The van der Waals surface area contributed by atoms with Crippen molar-refractivity contribution in [1.82, 2.24) is 25.5 Å². The molecule has 2 aromatic carbocycles. The van der Waals surface area contributed by atoms with Crippen molar-refractivity contribution in [3.63, 3.8) is 0 Å². The van der Waals surface area contributed by atoms with Gasteiger partial charge in [0.1, 0.15) is 22.7 Å². The lowest BCUT2D eigenvalue weighted by Gasteiger charge is -2.08. The number of benzene rings is 2. The zero-order valence-electron chi connectivity index (χ0n) is 14.1. The molecule has 0 saturated heterocycles. The number of nitrogens with one attached hydrogen (secondary N) is 1. The van der Waals surface area contributed by atoms with Gasteiger partial charge in [-0.15, -0.1) is 16.4 Å². The fourth-order valence-corrected chi connectivity index (χ4v) is 3.28. The van der Waals surface area contributed by atoms with Crippen LogP contribution in [0.2, 0.25) is 0 Å². The minimum atomic E-state index is -0.167. The first kappa shape index (κ1) is 16.9. The summed E-state index contributed by atoms with van der Waals surface area (Å²) in [5, 5.41) is 15.8. The van der Waals surface area contributed by atoms with Crippen LogP contribution >= 0.6 is 11.3 Å². The third-order valence-electron chi connectivity index (χ3n) is 3.80. The third kappa shape index (κ3) is 4.01. The molecule has 0 fully saturated rings. The van der Waals surface area contributed by atoms with E-state index in [0.717, 1.165) is 17.1 Å². The number of thiophene rings is 1. The molecule has 2 heterocycles. The summed E-state index contributed by atoms with van der Waals surface area (Å²) in [6.45, 7) is 0.414. The number of para-hydroxylation sites is 1. The van der Waals surface area contributed by atoms with Crippen LogP contribution < -0.4 is 10.1 Å². The van der Waals surface area contributed by atoms with E-state index < -0.39 is 0 Å². The summed E-state index contributed by atoms with van der Waals surface area (Å²) in [5.41, 5.74) is 1.64. The Balaban J connectivity index is 1.38. The highest BCUT2D eigenvalue weighted by molar-refractivity contribution is 7.12. The number of amides is 1. The van der Waals surface area contributed by atoms with Crippen molar-refractivity contribution in [2.75, 3.05) is 0 Å². The lowest BCUT2D eigenvalue weighted by atomic mass is 10.2. The summed E-state index contributed by atoms with van der Waals surface area (Å²) in [6.07, 6.45) is 1.46. The highest BCUT2D eigenvalue weighted by Gasteiger charge is 2.15. The first-order valence-corrected chi connectivity index (χ1v) is 9.08. The van der Waals surface area contributed by atoms with E-state index in [1.54, 1.807) is 0 Å². The summed E-state index contributed by atoms with van der Waals surface area (Å²) in [5.74, 6) is 1.36. The van der Waals surface area contributed by atoms with Crippen molar-refractivity contribution in [3.05, 3.63) is 82.8 Å². The van der Waals surface area contributed by atoms with Gasteiger partial charge in [0.05, 0.1) is 5.69 Å². The molecule has 0 saturated carbocycles. The molecule has 0 spiro atoms. The van der Waals surface area contributed by atoms with E-state index in [0.29, 0.717) is 17.1 Å². The van der Waals surface area contributed by atoms with Gasteiger partial charge in [0.25, 0.3) is 5.91 Å². The number of hydrogen-bond acceptors (Lipinski definition) is 6. The van der Waals surface area contributed by atoms with E-state index in [-0.39, 0.29) is 5.91 Å². The molecule has 4 aromatic rings. The topological polar surface area (TPSA) is 81.9 Å². The van der Waals surface area contributed by atoms with Gasteiger partial charge >= 0.3 is 0 Å². The molecule has 0 radical (unpaired) electrons. The summed E-state index contributed by atoms with van der Waals surface area (Å²) in [6, 6.07) is 19.0. The summed E-state index contributed by atoms with van der Waals surface area (Å²) < 4.78 is 7.24. The Morgan fingerprint density at radius 1 is 1.04 bits per heavy atom. The van der Waals surface area contributed by atoms with Crippen molar-refractivity contribution < 1.29 is 9.53 Å². The second-order valence-corrected chi connectivity index (χ2v) is 6.55. The zero-order chi connectivity index (χ0) is 18.5. The van der Waals surface area contributed by atoms with Crippen molar-refractivity contribution in [2.24, 2.45) is 0 Å². The van der Waals surface area contributed by atoms with Crippen LogP contribution in [0.4, 0.5) is 0 Å². The zero-order valence-corrected chi connectivity index (χ0v) is 15.0. The Labute approximate surface area is 159 Å². The molecule has 7 nitrogen and oxygen atoms in total. The van der Waals surface area contributed by atoms with Crippen molar-refractivity contribution in [2.45, 2.75) is 6.54 Å². The smallest absolute Gasteiger partial charge is 0.263 e. The molecule has 1 N–H and O–H groups in total. The average molecular weight is 377 g/mol. The maximum absolute atomic E-state index is 12.5. The lowest BCUT2D eigenvalue weighted by Crippen LogP contribution is -2.23. The van der Waals surface area contributed by atoms with Gasteiger partial charge in [0, 0.05) is 6.54 Å². The van der Waals surface area contributed by atoms with Crippen LogP contribution in [0.3, 0.4) is 0 Å². The molecule has 2 aromatic heterocycles. The van der Waals surface area contributed by atoms with Gasteiger partial charge in [-0.2, -0.15) is 4.68 Å². The van der Waals surface area contributed by atoms with Crippen molar-refractivity contribution in [1.29, 1.82) is 0 Å². The van der Waals surface area contributed by atoms with Gasteiger partial charge in [-0.3, -0.25) is 4.79 Å². The van der Waals surface area contributed by atoms with Gasteiger partial charge in [-0.05, 0) is 51.7 Å². The molecule has 0 aliphatic heterocycles. The normalized spacial score (nSPS) is 10.5. The van der Waals surface area contributed by atoms with E-state index >= 15 is 0 Å². The van der Waals surface area contributed by atoms with E-state index in [1.807, 2.05) is 66.0 Å². The molecular formula is C19H15N5O2S. The third-order valence-corrected chi connectivity index (χ3v) is 4.70. The Morgan fingerprint density at radius 2 is 1.81 bits per heavy atom. The molecule has 0 atom stereocenters. The Hall–Kier alpha value is -3.52. The highest BCUT2D eigenvalue weighted by Crippen LogP contribution is 2.22. The van der Waals surface area contributed by atoms with Crippen molar-refractivity contribution >= 4 is 17.2 Å². The maximum Gasteiger partial charge on any atom is 0.263 e. The van der Waals surface area contributed by atoms with E-state index in [4.69, 9.17) is 4.74 Å². The molecule has 134 valence electrons. The molecule has 0 bridgehead atoms. The summed E-state index contributed by atoms with van der Waals surface area (Å²) in [4.78, 5) is 13.1. The lowest BCUT2D eigenvalue weighted by molar-refractivity contribution is 0.0955. The molecule has 1 amide bonds. The summed E-state index contributed by atoms with van der Waals surface area (Å²) in [7, 11) is 0. The Morgan fingerprint density at radius 3 is 2.56 bits per heavy atom. The number of ether oxygens (including phenoxy) is 1. The number of carbonyl (C=O) groups excluding carboxylic acids is 1. The number of carbonyl (C=O) groups is 1. The fourth-order valence-electron chi connectivity index (χ4n) is 2.49. The monoisotopic (exact) mass is 377 g/mol. The minimum absolute atomic E-state index is 0.167. The quantitative estimate of drug-likeness (QED) is 0.557. The van der Waals surface area contributed by atoms with Crippen LogP contribution in [0, 0.1) is 0 Å². The number of hydrogen-bond donors (Lipinski definition) is 1. The van der Waals surface area contributed by atoms with Gasteiger partial charge in [-0.1, -0.05) is 30.3 Å². The van der Waals surface area contributed by atoms with Crippen molar-refractivity contribution in [3.8, 4) is 17.2 Å². The molecule has 0 aliphatic rings. The highest BCUT2D eigenvalue weighted by atomic mass is 32.1. The number of rotatable bonds is 6. The number of tetrazole rings is 1. The van der Waals surface area contributed by atoms with Gasteiger partial charge in [0.15, 0.2) is 0 Å². The largest absolute Gasteiger partial charge is 0.457 e. The fraction of sp³-hybridized carbons (Fsp3) is 0.0526. The van der Waals surface area contributed by atoms with Crippen LogP contribution in [-0.2, 0) is 6.54 Å². The molecule has 27 heavy (non-hydrogen) atoms. The molecule has 0 unspecified atom stereocenters. The molecular weight excluding hydrogens is 362 g/mol. The van der Waals surface area contributed by atoms with Crippen LogP contribution in [0.5, 0.6) is 11.5 Å². The molecule has 0 aliphatic carbocycles. The van der Waals surface area contributed by atoms with Gasteiger partial charge < -0.3 is 10.1 Å². The predicted molar refractivity (Wildman–Crippen MR) is 101 cm³/mol. The van der Waals surface area contributed by atoms with Gasteiger partial charge in [0.2, 0.25) is 0 Å². The number of aromatic nitrogens is 4. The van der Waals surface area contributed by atoms with Crippen LogP contribution in [0.15, 0.2) is 72.4 Å². The van der Waals surface area contributed by atoms with Crippen LogP contribution in [-0.4, -0.2) is 26.1 Å². The Kier molecular flexibility index (Phi) is 4.88. The molecule has 4 rings (SSSR count). The summed E-state index contributed by atoms with van der Waals surface area (Å²) >= 11 is 1.35. The standard InChI is InChI=1S/C19H15N5O2S/c25-19(18-17(10-11-27-18)24-13-21-22-23-24)20-12-14-6-8-16(9-7-14)26-15-4-2-1-3-5-15/h1-11,13H,12H2,(H,20,25). The minimum Gasteiger partial charge on any atom is -0.457 e. The van der Waals surface area contributed by atoms with E-state index in [1.165, 1.54) is 22.3 Å². The second kappa shape index (κ2) is 7.79. The first-order chi connectivity index (χ1) is 13.3. The number of nitrogens with zero attached hydrogens (tertiary/aromatic N) is 4. The van der Waals surface area contributed by atoms with E-state index in [2.05, 4.69) is 20.8 Å². The van der Waals surface area contributed by atoms with E-state index in [9.17, 15) is 4.79 Å². The SMILES string of the molecule is O=C(NCc1ccc(Oc2ccccc2)cc1)c1sccc1-n1cnnn1. The predicted octanol–water partition coefficient (Wildman–Crippen LogP) is 3.45. The second-order valence-electron chi connectivity index (χ2n) is 5.63. The first-order valence-electron chi connectivity index (χ1n) is 8.20. The Bertz CT molecular complexity index is 1010. The van der Waals surface area contributed by atoms with Crippen LogP contribution in [0.25, 0.3) is 5.69 Å². The average Bonchev–Trinajstić information content (AvgIpc) is 3.39. The van der Waals surface area contributed by atoms with Gasteiger partial charge in [-0.25, -0.2) is 0 Å².